The first-order chi connectivity index (χ1) is 16.3. The summed E-state index contributed by atoms with van der Waals surface area (Å²) in [7, 11) is 0. The molecule has 3 aromatic heterocycles. The summed E-state index contributed by atoms with van der Waals surface area (Å²) in [6, 6.07) is 5.88. The van der Waals surface area contributed by atoms with E-state index < -0.39 is 0 Å². The van der Waals surface area contributed by atoms with Crippen molar-refractivity contribution < 1.29 is 9.53 Å². The Hall–Kier alpha value is -3.69. The second kappa shape index (κ2) is 8.58. The summed E-state index contributed by atoms with van der Waals surface area (Å²) in [6.07, 6.45) is 6.63. The molecule has 2 atom stereocenters. The van der Waals surface area contributed by atoms with Crippen LogP contribution >= 0.6 is 0 Å². The number of nitrogens with two attached hydrogens (primary N) is 1. The summed E-state index contributed by atoms with van der Waals surface area (Å²) < 4.78 is 8.10. The Labute approximate surface area is 198 Å². The summed E-state index contributed by atoms with van der Waals surface area (Å²) in [5, 5.41) is 7.85. The highest BCUT2D eigenvalue weighted by atomic mass is 16.5. The summed E-state index contributed by atoms with van der Waals surface area (Å²) >= 11 is 0. The third kappa shape index (κ3) is 4.04. The topological polar surface area (TPSA) is 124 Å². The van der Waals surface area contributed by atoms with Crippen molar-refractivity contribution >= 4 is 11.8 Å². The number of hydrogen-bond acceptors (Lipinski definition) is 7. The molecule has 0 radical (unpaired) electrons. The molecule has 0 aliphatic carbocycles. The number of carbonyl (C=O) groups is 1. The van der Waals surface area contributed by atoms with Crippen LogP contribution in [0.25, 0.3) is 11.3 Å². The van der Waals surface area contributed by atoms with Crippen molar-refractivity contribution in [3.8, 4) is 17.0 Å². The van der Waals surface area contributed by atoms with E-state index in [4.69, 9.17) is 15.6 Å². The number of aromatic nitrogens is 5. The lowest BCUT2D eigenvalue weighted by Crippen LogP contribution is -2.43. The number of carbonyl (C=O) groups excluding carboxylic acids is 1. The van der Waals surface area contributed by atoms with Crippen LogP contribution in [0.2, 0.25) is 0 Å². The van der Waals surface area contributed by atoms with Gasteiger partial charge in [-0.1, -0.05) is 0 Å². The van der Waals surface area contributed by atoms with E-state index in [1.54, 1.807) is 24.7 Å². The quantitative estimate of drug-likeness (QED) is 0.597. The van der Waals surface area contributed by atoms with Crippen LogP contribution in [0.4, 0.5) is 10.6 Å². The highest BCUT2D eigenvalue weighted by Gasteiger charge is 2.47. The van der Waals surface area contributed by atoms with Gasteiger partial charge in [-0.2, -0.15) is 5.10 Å². The van der Waals surface area contributed by atoms with Gasteiger partial charge in [-0.15, -0.1) is 0 Å². The standard InChI is InChI=1S/C24H30N8O2/c1-15(2)29-23(33)31-9-5-24(14-31)6-10-32-20(24)12-18(30-32)17-11-19(21(25)28-13-17)34-16(3)22-26-7-4-8-27-22/h4,7-8,11-13,15-16H,5-6,9-10,14H2,1-3H3,(H2,25,28)(H,29,33)/t16-,24-/m1/s1. The highest BCUT2D eigenvalue weighted by molar-refractivity contribution is 5.75. The third-order valence-corrected chi connectivity index (χ3v) is 6.61. The summed E-state index contributed by atoms with van der Waals surface area (Å²) in [5.74, 6) is 1.34. The Morgan fingerprint density at radius 1 is 1.15 bits per heavy atom. The normalized spacial score (nSPS) is 20.1. The van der Waals surface area contributed by atoms with E-state index in [1.165, 1.54) is 5.69 Å². The van der Waals surface area contributed by atoms with Crippen molar-refractivity contribution in [1.82, 2.24) is 34.9 Å². The van der Waals surface area contributed by atoms with Crippen LogP contribution in [-0.4, -0.2) is 54.8 Å². The molecule has 5 heterocycles. The van der Waals surface area contributed by atoms with Gasteiger partial charge in [0.15, 0.2) is 23.5 Å². The van der Waals surface area contributed by atoms with Gasteiger partial charge < -0.3 is 20.7 Å². The lowest BCUT2D eigenvalue weighted by Gasteiger charge is -2.24. The Morgan fingerprint density at radius 3 is 2.68 bits per heavy atom. The molecule has 0 unspecified atom stereocenters. The Balaban J connectivity index is 1.37. The van der Waals surface area contributed by atoms with Gasteiger partial charge in [-0.3, -0.25) is 4.68 Å². The maximum Gasteiger partial charge on any atom is 0.317 e. The van der Waals surface area contributed by atoms with Crippen molar-refractivity contribution in [2.24, 2.45) is 0 Å². The zero-order valence-corrected chi connectivity index (χ0v) is 19.7. The van der Waals surface area contributed by atoms with Crippen LogP contribution in [0.15, 0.2) is 36.8 Å². The zero-order chi connectivity index (χ0) is 23.9. The monoisotopic (exact) mass is 462 g/mol. The van der Waals surface area contributed by atoms with Gasteiger partial charge in [0.05, 0.1) is 5.69 Å². The second-order valence-electron chi connectivity index (χ2n) is 9.42. The van der Waals surface area contributed by atoms with Gasteiger partial charge >= 0.3 is 6.03 Å². The number of likely N-dealkylation sites (tertiary alicyclic amines) is 1. The van der Waals surface area contributed by atoms with Crippen molar-refractivity contribution in [2.45, 2.75) is 57.7 Å². The number of nitrogens with one attached hydrogen (secondary N) is 1. The number of urea groups is 1. The molecule has 0 bridgehead atoms. The first-order valence-corrected chi connectivity index (χ1v) is 11.7. The van der Waals surface area contributed by atoms with E-state index in [0.717, 1.165) is 37.2 Å². The molecule has 1 saturated heterocycles. The highest BCUT2D eigenvalue weighted by Crippen LogP contribution is 2.44. The lowest BCUT2D eigenvalue weighted by atomic mass is 9.82. The number of nitrogens with zero attached hydrogens (tertiary/aromatic N) is 6. The molecule has 2 amide bonds. The third-order valence-electron chi connectivity index (χ3n) is 6.61. The molecule has 2 aliphatic rings. The van der Waals surface area contributed by atoms with Gasteiger partial charge in [0.1, 0.15) is 0 Å². The molecule has 10 nitrogen and oxygen atoms in total. The maximum atomic E-state index is 12.5. The Kier molecular flexibility index (Phi) is 5.59. The van der Waals surface area contributed by atoms with E-state index >= 15 is 0 Å². The van der Waals surface area contributed by atoms with Crippen LogP contribution in [-0.2, 0) is 12.0 Å². The summed E-state index contributed by atoms with van der Waals surface area (Å²) in [4.78, 5) is 27.3. The fourth-order valence-corrected chi connectivity index (χ4v) is 4.85. The average molecular weight is 463 g/mol. The number of amides is 2. The summed E-state index contributed by atoms with van der Waals surface area (Å²) in [5.41, 5.74) is 8.86. The number of pyridine rings is 1. The van der Waals surface area contributed by atoms with Gasteiger partial charge in [0.25, 0.3) is 0 Å². The molecule has 1 spiro atoms. The molecule has 3 N–H and O–H groups in total. The minimum atomic E-state index is -0.378. The molecule has 0 saturated carbocycles. The molecule has 34 heavy (non-hydrogen) atoms. The number of nitrogen functional groups attached to an aromatic ring is 1. The predicted molar refractivity (Wildman–Crippen MR) is 127 cm³/mol. The van der Waals surface area contributed by atoms with Gasteiger partial charge in [0.2, 0.25) is 0 Å². The van der Waals surface area contributed by atoms with E-state index in [1.807, 2.05) is 31.7 Å². The number of aryl methyl sites for hydroxylation is 1. The number of hydrogen-bond donors (Lipinski definition) is 2. The first kappa shape index (κ1) is 22.1. The number of anilines is 1. The molecule has 1 fully saturated rings. The smallest absolute Gasteiger partial charge is 0.317 e. The van der Waals surface area contributed by atoms with Crippen molar-refractivity contribution in [2.75, 3.05) is 18.8 Å². The summed E-state index contributed by atoms with van der Waals surface area (Å²) in [6.45, 7) is 8.13. The van der Waals surface area contributed by atoms with E-state index in [2.05, 4.69) is 31.0 Å². The number of fused-ring (bicyclic) bond motifs is 2. The van der Waals surface area contributed by atoms with Crippen LogP contribution in [0, 0.1) is 0 Å². The number of ether oxygens (including phenoxy) is 1. The molecule has 3 aromatic rings. The molecule has 178 valence electrons. The van der Waals surface area contributed by atoms with E-state index in [0.29, 0.717) is 23.9 Å². The molecule has 2 aliphatic heterocycles. The van der Waals surface area contributed by atoms with Crippen LogP contribution in [0.1, 0.15) is 51.2 Å². The van der Waals surface area contributed by atoms with Gasteiger partial charge in [-0.25, -0.2) is 19.7 Å². The Bertz CT molecular complexity index is 1190. The zero-order valence-electron chi connectivity index (χ0n) is 19.7. The minimum absolute atomic E-state index is 0.00565. The molecular formula is C24H30N8O2. The predicted octanol–water partition coefficient (Wildman–Crippen LogP) is 2.92. The second-order valence-corrected chi connectivity index (χ2v) is 9.42. The largest absolute Gasteiger partial charge is 0.479 e. The molecule has 5 rings (SSSR count). The number of rotatable bonds is 5. The fourth-order valence-electron chi connectivity index (χ4n) is 4.85. The van der Waals surface area contributed by atoms with Crippen LogP contribution < -0.4 is 15.8 Å². The van der Waals surface area contributed by atoms with Gasteiger partial charge in [0, 0.05) is 60.9 Å². The fraction of sp³-hybridized carbons (Fsp3) is 0.458. The average Bonchev–Trinajstić information content (AvgIpc) is 3.52. The van der Waals surface area contributed by atoms with Gasteiger partial charge in [-0.05, 0) is 51.8 Å². The SMILES string of the molecule is CC(C)NC(=O)N1CC[C@@]2(CCn3nc(-c4cnc(N)c(O[C@H](C)c5ncccn5)c4)cc32)C1. The van der Waals surface area contributed by atoms with Crippen molar-refractivity contribution in [3.63, 3.8) is 0 Å². The molecule has 10 heteroatoms. The molecular weight excluding hydrogens is 432 g/mol. The van der Waals surface area contributed by atoms with E-state index in [9.17, 15) is 4.79 Å². The van der Waals surface area contributed by atoms with Crippen molar-refractivity contribution in [3.05, 3.63) is 48.3 Å². The van der Waals surface area contributed by atoms with Crippen LogP contribution in [0.3, 0.4) is 0 Å². The lowest BCUT2D eigenvalue weighted by molar-refractivity contribution is 0.203. The maximum absolute atomic E-state index is 12.5. The minimum Gasteiger partial charge on any atom is -0.479 e. The molecule has 0 aromatic carbocycles. The Morgan fingerprint density at radius 2 is 1.91 bits per heavy atom. The first-order valence-electron chi connectivity index (χ1n) is 11.7. The van der Waals surface area contributed by atoms with Crippen molar-refractivity contribution in [1.29, 1.82) is 0 Å². The van der Waals surface area contributed by atoms with Crippen LogP contribution in [0.5, 0.6) is 5.75 Å². The van der Waals surface area contributed by atoms with E-state index in [-0.39, 0.29) is 23.6 Å².